The first-order valence-corrected chi connectivity index (χ1v) is 15.5. The number of hydrogen-bond donors (Lipinski definition) is 0. The lowest BCUT2D eigenvalue weighted by atomic mass is 9.99. The van der Waals surface area contributed by atoms with Crippen molar-refractivity contribution < 1.29 is 0 Å². The Morgan fingerprint density at radius 1 is 0.370 bits per heavy atom. The lowest BCUT2D eigenvalue weighted by Gasteiger charge is -2.11. The van der Waals surface area contributed by atoms with Crippen LogP contribution in [0.2, 0.25) is 0 Å². The van der Waals surface area contributed by atoms with Crippen LogP contribution in [0.3, 0.4) is 0 Å². The average molecular weight is 591 g/mol. The molecule has 46 heavy (non-hydrogen) atoms. The number of fused-ring (bicyclic) bond motifs is 3. The molecule has 3 heterocycles. The minimum Gasteiger partial charge on any atom is -0.251 e. The van der Waals surface area contributed by atoms with Gasteiger partial charge in [0.05, 0.1) is 28.1 Å². The van der Waals surface area contributed by atoms with Gasteiger partial charge >= 0.3 is 0 Å². The zero-order valence-corrected chi connectivity index (χ0v) is 25.6. The Kier molecular flexibility index (Phi) is 6.88. The molecule has 0 unspecified atom stereocenters. The molecule has 0 saturated carbocycles. The highest BCUT2D eigenvalue weighted by molar-refractivity contribution is 6.04. The second-order valence-electron chi connectivity index (χ2n) is 11.7. The Bertz CT molecular complexity index is 2310. The van der Waals surface area contributed by atoms with Gasteiger partial charge in [-0.05, 0) is 54.8 Å². The highest BCUT2D eigenvalue weighted by Gasteiger charge is 2.12. The van der Waals surface area contributed by atoms with Crippen LogP contribution >= 0.6 is 0 Å². The largest absolute Gasteiger partial charge is 0.251 e. The minimum absolute atomic E-state index is 0.711. The van der Waals surface area contributed by atoms with Crippen molar-refractivity contribution in [1.29, 1.82) is 0 Å². The summed E-state index contributed by atoms with van der Waals surface area (Å²) >= 11 is 0. The van der Waals surface area contributed by atoms with Crippen LogP contribution < -0.4 is 0 Å². The van der Waals surface area contributed by atoms with E-state index in [9.17, 15) is 0 Å². The van der Waals surface area contributed by atoms with Crippen molar-refractivity contribution in [2.75, 3.05) is 0 Å². The standard InChI is InChI=1S/C42H30N4/c1-27-24-28(2)43-41-36(27)22-20-32-21-23-37(44-40(32)41)31-18-16-29(17-19-31)34-14-9-15-35(25-34)39-26-38(30-10-5-3-6-11-30)45-42(46-39)33-12-7-4-8-13-33/h3-26H,1-2H3. The molecule has 4 nitrogen and oxygen atoms in total. The molecule has 218 valence electrons. The van der Waals surface area contributed by atoms with Gasteiger partial charge in [0, 0.05) is 38.7 Å². The fourth-order valence-corrected chi connectivity index (χ4v) is 6.13. The van der Waals surface area contributed by atoms with Crippen molar-refractivity contribution in [3.63, 3.8) is 0 Å². The van der Waals surface area contributed by atoms with Crippen LogP contribution in [0.4, 0.5) is 0 Å². The van der Waals surface area contributed by atoms with E-state index in [1.165, 1.54) is 5.56 Å². The first-order chi connectivity index (χ1) is 22.6. The van der Waals surface area contributed by atoms with Crippen molar-refractivity contribution in [3.05, 3.63) is 157 Å². The molecule has 0 bridgehead atoms. The molecule has 0 radical (unpaired) electrons. The summed E-state index contributed by atoms with van der Waals surface area (Å²) in [4.78, 5) is 19.9. The third kappa shape index (κ3) is 5.20. The quantitative estimate of drug-likeness (QED) is 0.187. The molecule has 0 saturated heterocycles. The maximum absolute atomic E-state index is 5.10. The molecule has 0 atom stereocenters. The van der Waals surface area contributed by atoms with E-state index in [2.05, 4.69) is 116 Å². The van der Waals surface area contributed by atoms with Crippen molar-refractivity contribution in [2.45, 2.75) is 13.8 Å². The topological polar surface area (TPSA) is 51.6 Å². The average Bonchev–Trinajstić information content (AvgIpc) is 3.12. The molecule has 0 amide bonds. The Balaban J connectivity index is 1.16. The first kappa shape index (κ1) is 27.5. The summed E-state index contributed by atoms with van der Waals surface area (Å²) < 4.78 is 0. The first-order valence-electron chi connectivity index (χ1n) is 15.5. The number of aromatic nitrogens is 4. The Labute approximate surface area is 268 Å². The van der Waals surface area contributed by atoms with Crippen molar-refractivity contribution in [1.82, 2.24) is 19.9 Å². The molecule has 3 aromatic heterocycles. The number of benzene rings is 5. The van der Waals surface area contributed by atoms with E-state index in [0.29, 0.717) is 5.82 Å². The zero-order chi connectivity index (χ0) is 31.0. The molecule has 8 aromatic rings. The molecule has 8 rings (SSSR count). The summed E-state index contributed by atoms with van der Waals surface area (Å²) in [7, 11) is 0. The number of hydrogen-bond acceptors (Lipinski definition) is 4. The summed E-state index contributed by atoms with van der Waals surface area (Å²) in [6.45, 7) is 4.17. The van der Waals surface area contributed by atoms with Gasteiger partial charge in [0.25, 0.3) is 0 Å². The van der Waals surface area contributed by atoms with E-state index in [0.717, 1.165) is 78.0 Å². The Morgan fingerprint density at radius 3 is 1.74 bits per heavy atom. The van der Waals surface area contributed by atoms with Gasteiger partial charge in [-0.2, -0.15) is 0 Å². The molecule has 5 aromatic carbocycles. The maximum atomic E-state index is 5.10. The molecular formula is C42H30N4. The Hall–Kier alpha value is -6.00. The van der Waals surface area contributed by atoms with Crippen LogP contribution in [-0.2, 0) is 0 Å². The SMILES string of the molecule is Cc1cc(C)c2ccc3ccc(-c4ccc(-c5cccc(-c6cc(-c7ccccc7)nc(-c7ccccc7)n6)c5)cc4)nc3c2n1. The smallest absolute Gasteiger partial charge is 0.160 e. The van der Waals surface area contributed by atoms with Crippen LogP contribution in [0, 0.1) is 13.8 Å². The van der Waals surface area contributed by atoms with Crippen LogP contribution in [0.1, 0.15) is 11.3 Å². The van der Waals surface area contributed by atoms with E-state index < -0.39 is 0 Å². The van der Waals surface area contributed by atoms with Gasteiger partial charge in [-0.1, -0.05) is 121 Å². The zero-order valence-electron chi connectivity index (χ0n) is 25.6. The molecule has 0 fully saturated rings. The fourth-order valence-electron chi connectivity index (χ4n) is 6.13. The lowest BCUT2D eigenvalue weighted by molar-refractivity contribution is 1.18. The number of rotatable bonds is 5. The number of nitrogens with zero attached hydrogens (tertiary/aromatic N) is 4. The second kappa shape index (κ2) is 11.5. The van der Waals surface area contributed by atoms with Crippen molar-refractivity contribution in [3.8, 4) is 56.3 Å². The monoisotopic (exact) mass is 590 g/mol. The second-order valence-corrected chi connectivity index (χ2v) is 11.7. The third-order valence-electron chi connectivity index (χ3n) is 8.47. The molecule has 0 aliphatic heterocycles. The van der Waals surface area contributed by atoms with Gasteiger partial charge in [0.1, 0.15) is 0 Å². The van der Waals surface area contributed by atoms with Crippen molar-refractivity contribution in [2.24, 2.45) is 0 Å². The summed E-state index contributed by atoms with van der Waals surface area (Å²) in [6.07, 6.45) is 0. The molecule has 0 spiro atoms. The van der Waals surface area contributed by atoms with Gasteiger partial charge in [-0.15, -0.1) is 0 Å². The van der Waals surface area contributed by atoms with E-state index in [-0.39, 0.29) is 0 Å². The van der Waals surface area contributed by atoms with Crippen LogP contribution in [0.5, 0.6) is 0 Å². The summed E-state index contributed by atoms with van der Waals surface area (Å²) in [5.41, 5.74) is 13.3. The minimum atomic E-state index is 0.711. The number of aryl methyl sites for hydroxylation is 2. The van der Waals surface area contributed by atoms with Gasteiger partial charge in [0.15, 0.2) is 5.82 Å². The van der Waals surface area contributed by atoms with E-state index in [1.54, 1.807) is 0 Å². The normalized spacial score (nSPS) is 11.3. The van der Waals surface area contributed by atoms with E-state index in [4.69, 9.17) is 19.9 Å². The summed E-state index contributed by atoms with van der Waals surface area (Å²) in [5, 5.41) is 2.24. The van der Waals surface area contributed by atoms with Gasteiger partial charge < -0.3 is 0 Å². The Morgan fingerprint density at radius 2 is 0.978 bits per heavy atom. The van der Waals surface area contributed by atoms with Gasteiger partial charge in [-0.25, -0.2) is 15.0 Å². The van der Waals surface area contributed by atoms with Crippen LogP contribution in [0.15, 0.2) is 146 Å². The van der Waals surface area contributed by atoms with Gasteiger partial charge in [-0.3, -0.25) is 4.98 Å². The van der Waals surface area contributed by atoms with Crippen LogP contribution in [-0.4, -0.2) is 19.9 Å². The summed E-state index contributed by atoms with van der Waals surface area (Å²) in [5.74, 6) is 0.711. The summed E-state index contributed by atoms with van der Waals surface area (Å²) in [6, 6.07) is 50.4. The predicted molar refractivity (Wildman–Crippen MR) is 189 cm³/mol. The van der Waals surface area contributed by atoms with Gasteiger partial charge in [0.2, 0.25) is 0 Å². The molecular weight excluding hydrogens is 560 g/mol. The molecule has 0 aliphatic carbocycles. The molecule has 0 aliphatic rings. The van der Waals surface area contributed by atoms with Crippen molar-refractivity contribution >= 4 is 21.8 Å². The number of pyridine rings is 2. The molecule has 4 heteroatoms. The predicted octanol–water partition coefficient (Wildman–Crippen LogP) is 10.5. The highest BCUT2D eigenvalue weighted by atomic mass is 14.9. The maximum Gasteiger partial charge on any atom is 0.160 e. The van der Waals surface area contributed by atoms with E-state index in [1.807, 2.05) is 43.3 Å². The fraction of sp³-hybridized carbons (Fsp3) is 0.0476. The third-order valence-corrected chi connectivity index (χ3v) is 8.47. The van der Waals surface area contributed by atoms with Crippen LogP contribution in [0.25, 0.3) is 78.1 Å². The molecule has 0 N–H and O–H groups in total. The lowest BCUT2D eigenvalue weighted by Crippen LogP contribution is -1.96. The highest BCUT2D eigenvalue weighted by Crippen LogP contribution is 2.32. The van der Waals surface area contributed by atoms with E-state index >= 15 is 0 Å².